The van der Waals surface area contributed by atoms with Gasteiger partial charge in [-0.15, -0.1) is 0 Å². The molecule has 3 heteroatoms. The van der Waals surface area contributed by atoms with Crippen LogP contribution in [0.1, 0.15) is 34.6 Å². The van der Waals surface area contributed by atoms with Crippen molar-refractivity contribution in [3.63, 3.8) is 0 Å². The molecule has 0 heterocycles. The van der Waals surface area contributed by atoms with Gasteiger partial charge in [-0.2, -0.15) is 0 Å². The molecule has 0 bridgehead atoms. The Hall–Kier alpha value is -0.120. The van der Waals surface area contributed by atoms with Gasteiger partial charge in [-0.05, 0) is 34.6 Å². The van der Waals surface area contributed by atoms with Crippen molar-refractivity contribution in [2.75, 3.05) is 33.4 Å². The van der Waals surface area contributed by atoms with Crippen LogP contribution in [0.3, 0.4) is 0 Å². The smallest absolute Gasteiger partial charge is 0.0589 e. The van der Waals surface area contributed by atoms with Crippen LogP contribution in [-0.4, -0.2) is 49.8 Å². The fourth-order valence-corrected chi connectivity index (χ4v) is 1.41. The molecular weight excluding hydrogens is 188 g/mol. The van der Waals surface area contributed by atoms with E-state index in [0.29, 0.717) is 6.04 Å². The van der Waals surface area contributed by atoms with Crippen molar-refractivity contribution in [1.29, 1.82) is 0 Å². The van der Waals surface area contributed by atoms with Crippen molar-refractivity contribution in [1.82, 2.24) is 10.2 Å². The normalized spacial score (nSPS) is 12.8. The molecule has 15 heavy (non-hydrogen) atoms. The third kappa shape index (κ3) is 8.85. The maximum atomic E-state index is 5.11. The maximum absolute atomic E-state index is 5.11. The molecule has 0 radical (unpaired) electrons. The van der Waals surface area contributed by atoms with Crippen LogP contribution < -0.4 is 5.32 Å². The van der Waals surface area contributed by atoms with Gasteiger partial charge in [0, 0.05) is 38.3 Å². The van der Waals surface area contributed by atoms with Crippen LogP contribution in [0.25, 0.3) is 0 Å². The summed E-state index contributed by atoms with van der Waals surface area (Å²) >= 11 is 0. The average molecular weight is 216 g/mol. The van der Waals surface area contributed by atoms with Gasteiger partial charge in [0.1, 0.15) is 0 Å². The molecule has 0 amide bonds. The van der Waals surface area contributed by atoms with E-state index in [9.17, 15) is 0 Å². The highest BCUT2D eigenvalue weighted by Gasteiger charge is 2.11. The molecule has 0 saturated heterocycles. The predicted octanol–water partition coefficient (Wildman–Crippen LogP) is 1.73. The maximum Gasteiger partial charge on any atom is 0.0589 e. The van der Waals surface area contributed by atoms with Crippen molar-refractivity contribution in [2.24, 2.45) is 0 Å². The van der Waals surface area contributed by atoms with Gasteiger partial charge >= 0.3 is 0 Å². The third-order valence-corrected chi connectivity index (χ3v) is 2.37. The molecule has 0 aromatic rings. The van der Waals surface area contributed by atoms with Crippen LogP contribution in [0.15, 0.2) is 0 Å². The summed E-state index contributed by atoms with van der Waals surface area (Å²) in [6.07, 6.45) is 0. The molecule has 3 nitrogen and oxygen atoms in total. The number of nitrogens with zero attached hydrogens (tertiary/aromatic N) is 1. The second-order valence-electron chi connectivity index (χ2n) is 5.30. The van der Waals surface area contributed by atoms with E-state index in [-0.39, 0.29) is 5.54 Å². The van der Waals surface area contributed by atoms with Crippen molar-refractivity contribution in [3.05, 3.63) is 0 Å². The Balaban J connectivity index is 3.76. The number of ether oxygens (including phenoxy) is 1. The summed E-state index contributed by atoms with van der Waals surface area (Å²) in [7, 11) is 1.76. The number of methoxy groups -OCH3 is 1. The molecule has 0 aliphatic carbocycles. The van der Waals surface area contributed by atoms with Crippen LogP contribution >= 0.6 is 0 Å². The zero-order valence-electron chi connectivity index (χ0n) is 11.3. The lowest BCUT2D eigenvalue weighted by Gasteiger charge is -2.28. The number of nitrogens with one attached hydrogen (secondary N) is 1. The highest BCUT2D eigenvalue weighted by atomic mass is 16.5. The molecule has 0 rings (SSSR count). The van der Waals surface area contributed by atoms with Gasteiger partial charge in [-0.3, -0.25) is 4.90 Å². The Kier molecular flexibility index (Phi) is 7.14. The minimum atomic E-state index is 0.212. The van der Waals surface area contributed by atoms with Crippen LogP contribution in [-0.2, 0) is 4.74 Å². The Bertz CT molecular complexity index is 152. The Labute approximate surface area is 95.2 Å². The van der Waals surface area contributed by atoms with Crippen LogP contribution in [0, 0.1) is 0 Å². The first-order chi connectivity index (χ1) is 6.87. The summed E-state index contributed by atoms with van der Waals surface area (Å²) in [5.41, 5.74) is 0.212. The molecule has 0 spiro atoms. The zero-order chi connectivity index (χ0) is 11.9. The van der Waals surface area contributed by atoms with Crippen molar-refractivity contribution in [3.8, 4) is 0 Å². The fourth-order valence-electron chi connectivity index (χ4n) is 1.41. The van der Waals surface area contributed by atoms with Gasteiger partial charge < -0.3 is 10.1 Å². The van der Waals surface area contributed by atoms with E-state index in [1.165, 1.54) is 0 Å². The van der Waals surface area contributed by atoms with E-state index in [2.05, 4.69) is 44.8 Å². The molecule has 92 valence electrons. The first-order valence-electron chi connectivity index (χ1n) is 5.85. The molecule has 0 aromatic heterocycles. The van der Waals surface area contributed by atoms with E-state index >= 15 is 0 Å². The quantitative estimate of drug-likeness (QED) is 0.701. The molecule has 0 saturated carbocycles. The highest BCUT2D eigenvalue weighted by Crippen LogP contribution is 2.00. The molecular formula is C12H28N2O. The van der Waals surface area contributed by atoms with Gasteiger partial charge in [0.05, 0.1) is 6.61 Å². The minimum Gasteiger partial charge on any atom is -0.383 e. The van der Waals surface area contributed by atoms with Crippen molar-refractivity contribution >= 4 is 0 Å². The average Bonchev–Trinajstić information content (AvgIpc) is 2.08. The fraction of sp³-hybridized carbons (Fsp3) is 1.00. The lowest BCUT2D eigenvalue weighted by Crippen LogP contribution is -2.44. The summed E-state index contributed by atoms with van der Waals surface area (Å²) in [6.45, 7) is 15.0. The Morgan fingerprint density at radius 2 is 1.80 bits per heavy atom. The number of hydrogen-bond acceptors (Lipinski definition) is 3. The minimum absolute atomic E-state index is 0.212. The van der Waals surface area contributed by atoms with Gasteiger partial charge in [0.25, 0.3) is 0 Å². The first kappa shape index (κ1) is 14.9. The summed E-state index contributed by atoms with van der Waals surface area (Å²) in [5.74, 6) is 0. The van der Waals surface area contributed by atoms with Crippen molar-refractivity contribution < 1.29 is 4.74 Å². The lowest BCUT2D eigenvalue weighted by molar-refractivity contribution is 0.128. The van der Waals surface area contributed by atoms with E-state index < -0.39 is 0 Å². The van der Waals surface area contributed by atoms with Gasteiger partial charge in [0.2, 0.25) is 0 Å². The topological polar surface area (TPSA) is 24.5 Å². The predicted molar refractivity (Wildman–Crippen MR) is 66.3 cm³/mol. The largest absolute Gasteiger partial charge is 0.383 e. The zero-order valence-corrected chi connectivity index (χ0v) is 11.3. The van der Waals surface area contributed by atoms with Gasteiger partial charge in [-0.1, -0.05) is 0 Å². The second-order valence-corrected chi connectivity index (χ2v) is 5.30. The monoisotopic (exact) mass is 216 g/mol. The Morgan fingerprint density at radius 3 is 2.20 bits per heavy atom. The van der Waals surface area contributed by atoms with Gasteiger partial charge in [-0.25, -0.2) is 0 Å². The molecule has 0 aliphatic heterocycles. The SMILES string of the molecule is COCCN(CCNC(C)(C)C)C(C)C. The van der Waals surface area contributed by atoms with Crippen LogP contribution in [0.2, 0.25) is 0 Å². The van der Waals surface area contributed by atoms with Gasteiger partial charge in [0.15, 0.2) is 0 Å². The second kappa shape index (κ2) is 7.20. The summed E-state index contributed by atoms with van der Waals surface area (Å²) in [6, 6.07) is 0.585. The molecule has 0 aromatic carbocycles. The molecule has 0 fully saturated rings. The molecule has 0 atom stereocenters. The third-order valence-electron chi connectivity index (χ3n) is 2.37. The standard InChI is InChI=1S/C12H28N2O/c1-11(2)14(9-10-15-6)8-7-13-12(3,4)5/h11,13H,7-10H2,1-6H3. The molecule has 0 aliphatic rings. The molecule has 0 unspecified atom stereocenters. The lowest BCUT2D eigenvalue weighted by atomic mass is 10.1. The van der Waals surface area contributed by atoms with E-state index in [1.807, 2.05) is 0 Å². The first-order valence-corrected chi connectivity index (χ1v) is 5.85. The Morgan fingerprint density at radius 1 is 1.20 bits per heavy atom. The van der Waals surface area contributed by atoms with E-state index in [1.54, 1.807) is 7.11 Å². The molecule has 1 N–H and O–H groups in total. The highest BCUT2D eigenvalue weighted by molar-refractivity contribution is 4.72. The summed E-state index contributed by atoms with van der Waals surface area (Å²) in [4.78, 5) is 2.43. The number of hydrogen-bond donors (Lipinski definition) is 1. The number of rotatable bonds is 7. The van der Waals surface area contributed by atoms with Crippen LogP contribution in [0.4, 0.5) is 0 Å². The van der Waals surface area contributed by atoms with Crippen LogP contribution in [0.5, 0.6) is 0 Å². The summed E-state index contributed by atoms with van der Waals surface area (Å²) in [5, 5.41) is 3.50. The van der Waals surface area contributed by atoms with Crippen molar-refractivity contribution in [2.45, 2.75) is 46.2 Å². The van der Waals surface area contributed by atoms with E-state index in [4.69, 9.17) is 4.74 Å². The van der Waals surface area contributed by atoms with E-state index in [0.717, 1.165) is 26.2 Å². The summed E-state index contributed by atoms with van der Waals surface area (Å²) < 4.78 is 5.11.